The average Bonchev–Trinajstić information content (AvgIpc) is 2.69. The quantitative estimate of drug-likeness (QED) is 0.791. The third kappa shape index (κ3) is 4.51. The van der Waals surface area contributed by atoms with Gasteiger partial charge in [-0.05, 0) is 50.2 Å². The summed E-state index contributed by atoms with van der Waals surface area (Å²) < 4.78 is 16.5. The van der Waals surface area contributed by atoms with Gasteiger partial charge < -0.3 is 19.5 Å². The van der Waals surface area contributed by atoms with Crippen LogP contribution < -0.4 is 19.5 Å². The predicted molar refractivity (Wildman–Crippen MR) is 110 cm³/mol. The topological polar surface area (TPSA) is 60.0 Å². The number of anilines is 1. The second kappa shape index (κ2) is 8.71. The Morgan fingerprint density at radius 2 is 1.96 bits per heavy atom. The minimum absolute atomic E-state index is 0.125. The van der Waals surface area contributed by atoms with E-state index in [0.29, 0.717) is 36.2 Å². The van der Waals surface area contributed by atoms with Crippen LogP contribution in [-0.4, -0.2) is 44.2 Å². The first-order chi connectivity index (χ1) is 13.4. The van der Waals surface area contributed by atoms with Crippen molar-refractivity contribution in [3.63, 3.8) is 0 Å². The smallest absolute Gasteiger partial charge is 0.241 e. The highest BCUT2D eigenvalue weighted by atomic mass is 35.5. The van der Waals surface area contributed by atoms with Crippen LogP contribution >= 0.6 is 11.6 Å². The summed E-state index contributed by atoms with van der Waals surface area (Å²) in [7, 11) is 3.46. The summed E-state index contributed by atoms with van der Waals surface area (Å²) in [4.78, 5) is 14.7. The number of rotatable bonds is 6. The molecular weight excluding hydrogens is 380 g/mol. The first kappa shape index (κ1) is 20.3. The van der Waals surface area contributed by atoms with E-state index in [-0.39, 0.29) is 11.9 Å². The normalized spacial score (nSPS) is 13.9. The number of benzene rings is 2. The van der Waals surface area contributed by atoms with Crippen molar-refractivity contribution in [1.82, 2.24) is 4.90 Å². The Hall–Kier alpha value is -2.44. The van der Waals surface area contributed by atoms with Crippen molar-refractivity contribution < 1.29 is 19.0 Å². The molecule has 150 valence electrons. The molecule has 0 aliphatic carbocycles. The van der Waals surface area contributed by atoms with E-state index >= 15 is 0 Å². The second-order valence-electron chi connectivity index (χ2n) is 6.86. The fourth-order valence-electron chi connectivity index (χ4n) is 2.98. The number of hydrogen-bond acceptors (Lipinski definition) is 5. The molecule has 1 unspecified atom stereocenters. The van der Waals surface area contributed by atoms with Gasteiger partial charge in [-0.15, -0.1) is 0 Å². The monoisotopic (exact) mass is 404 g/mol. The van der Waals surface area contributed by atoms with Crippen LogP contribution in [0.25, 0.3) is 0 Å². The molecule has 1 amide bonds. The van der Waals surface area contributed by atoms with E-state index in [1.54, 1.807) is 13.2 Å². The van der Waals surface area contributed by atoms with Crippen molar-refractivity contribution in [1.29, 1.82) is 0 Å². The summed E-state index contributed by atoms with van der Waals surface area (Å²) in [6.07, 6.45) is 0. The van der Waals surface area contributed by atoms with Gasteiger partial charge in [0.25, 0.3) is 0 Å². The Bertz CT molecular complexity index is 872. The van der Waals surface area contributed by atoms with Crippen molar-refractivity contribution in [3.8, 4) is 17.2 Å². The number of carbonyl (C=O) groups is 1. The van der Waals surface area contributed by atoms with E-state index in [0.717, 1.165) is 22.6 Å². The van der Waals surface area contributed by atoms with E-state index in [9.17, 15) is 4.79 Å². The van der Waals surface area contributed by atoms with E-state index in [4.69, 9.17) is 25.8 Å². The molecule has 28 heavy (non-hydrogen) atoms. The van der Waals surface area contributed by atoms with Crippen LogP contribution in [0.2, 0.25) is 5.02 Å². The Morgan fingerprint density at radius 3 is 2.68 bits per heavy atom. The molecule has 1 heterocycles. The Labute approximate surface area is 170 Å². The number of fused-ring (bicyclic) bond motifs is 1. The molecule has 7 heteroatoms. The number of methoxy groups -OCH3 is 1. The van der Waals surface area contributed by atoms with Crippen molar-refractivity contribution in [2.75, 3.05) is 32.7 Å². The molecular formula is C21H25ClN2O4. The minimum atomic E-state index is -0.353. The summed E-state index contributed by atoms with van der Waals surface area (Å²) in [5.74, 6) is 1.91. The molecule has 2 aromatic carbocycles. The van der Waals surface area contributed by atoms with E-state index in [1.165, 1.54) is 0 Å². The van der Waals surface area contributed by atoms with Crippen LogP contribution in [0.4, 0.5) is 5.69 Å². The van der Waals surface area contributed by atoms with Crippen LogP contribution in [0.3, 0.4) is 0 Å². The van der Waals surface area contributed by atoms with Crippen LogP contribution in [-0.2, 0) is 11.3 Å². The third-order valence-electron chi connectivity index (χ3n) is 4.82. The highest BCUT2D eigenvalue weighted by molar-refractivity contribution is 6.31. The number of nitrogens with one attached hydrogen (secondary N) is 1. The highest BCUT2D eigenvalue weighted by Gasteiger charge is 2.21. The molecule has 0 radical (unpaired) electrons. The van der Waals surface area contributed by atoms with E-state index in [1.807, 2.05) is 50.1 Å². The lowest BCUT2D eigenvalue weighted by Gasteiger charge is -2.25. The maximum absolute atomic E-state index is 12.8. The Kier molecular flexibility index (Phi) is 6.31. The van der Waals surface area contributed by atoms with Gasteiger partial charge in [0, 0.05) is 17.6 Å². The van der Waals surface area contributed by atoms with Gasteiger partial charge in [0.15, 0.2) is 11.5 Å². The van der Waals surface area contributed by atoms with E-state index < -0.39 is 0 Å². The lowest BCUT2D eigenvalue weighted by atomic mass is 10.1. The zero-order chi connectivity index (χ0) is 20.3. The molecule has 1 N–H and O–H groups in total. The molecule has 6 nitrogen and oxygen atoms in total. The number of ether oxygens (including phenoxy) is 3. The maximum Gasteiger partial charge on any atom is 0.241 e. The first-order valence-corrected chi connectivity index (χ1v) is 9.50. The summed E-state index contributed by atoms with van der Waals surface area (Å²) in [5, 5.41) is 3.53. The number of carbonyl (C=O) groups excluding carboxylic acids is 1. The summed E-state index contributed by atoms with van der Waals surface area (Å²) in [5.41, 5.74) is 2.52. The minimum Gasteiger partial charge on any atom is -0.495 e. The van der Waals surface area contributed by atoms with Crippen LogP contribution in [0.15, 0.2) is 30.3 Å². The number of amides is 1. The van der Waals surface area contributed by atoms with Gasteiger partial charge in [-0.1, -0.05) is 17.7 Å². The van der Waals surface area contributed by atoms with Crippen LogP contribution in [0.5, 0.6) is 17.2 Å². The lowest BCUT2D eigenvalue weighted by Crippen LogP contribution is -2.39. The molecule has 2 aromatic rings. The highest BCUT2D eigenvalue weighted by Crippen LogP contribution is 2.32. The van der Waals surface area contributed by atoms with Crippen molar-refractivity contribution in [2.45, 2.75) is 26.4 Å². The van der Waals surface area contributed by atoms with Gasteiger partial charge in [-0.3, -0.25) is 9.69 Å². The SMILES string of the molecule is COc1cc(Cl)c(C)cc1NC(=O)C(C)N(C)Cc1ccc2c(c1)OCCO2. The maximum atomic E-state index is 12.8. The van der Waals surface area contributed by atoms with Crippen LogP contribution in [0, 0.1) is 6.92 Å². The molecule has 0 saturated heterocycles. The van der Waals surface area contributed by atoms with Gasteiger partial charge >= 0.3 is 0 Å². The lowest BCUT2D eigenvalue weighted by molar-refractivity contribution is -0.120. The number of hydrogen-bond donors (Lipinski definition) is 1. The fourth-order valence-corrected chi connectivity index (χ4v) is 3.13. The number of nitrogens with zero attached hydrogens (tertiary/aromatic N) is 1. The summed E-state index contributed by atoms with van der Waals surface area (Å²) in [6, 6.07) is 9.02. The van der Waals surface area contributed by atoms with Gasteiger partial charge in [-0.25, -0.2) is 0 Å². The summed E-state index contributed by atoms with van der Waals surface area (Å²) >= 11 is 6.13. The second-order valence-corrected chi connectivity index (χ2v) is 7.27. The largest absolute Gasteiger partial charge is 0.495 e. The molecule has 0 fully saturated rings. The molecule has 1 aliphatic rings. The van der Waals surface area contributed by atoms with Crippen molar-refractivity contribution in [3.05, 3.63) is 46.5 Å². The number of halogens is 1. The van der Waals surface area contributed by atoms with Gasteiger partial charge in [0.1, 0.15) is 19.0 Å². The van der Waals surface area contributed by atoms with Gasteiger partial charge in [0.05, 0.1) is 18.8 Å². The van der Waals surface area contributed by atoms with Gasteiger partial charge in [0.2, 0.25) is 5.91 Å². The first-order valence-electron chi connectivity index (χ1n) is 9.13. The average molecular weight is 405 g/mol. The zero-order valence-corrected chi connectivity index (χ0v) is 17.3. The third-order valence-corrected chi connectivity index (χ3v) is 5.22. The Morgan fingerprint density at radius 1 is 1.25 bits per heavy atom. The summed E-state index contributed by atoms with van der Waals surface area (Å²) in [6.45, 7) is 5.46. The fraction of sp³-hybridized carbons (Fsp3) is 0.381. The number of aryl methyl sites for hydroxylation is 1. The Balaban J connectivity index is 1.67. The van der Waals surface area contributed by atoms with Crippen LogP contribution in [0.1, 0.15) is 18.1 Å². The number of likely N-dealkylation sites (N-methyl/N-ethyl adjacent to an activating group) is 1. The molecule has 0 bridgehead atoms. The standard InChI is InChI=1S/C21H25ClN2O4/c1-13-9-17(19(26-4)11-16(13)22)23-21(25)14(2)24(3)12-15-5-6-18-20(10-15)28-8-7-27-18/h5-6,9-11,14H,7-8,12H2,1-4H3,(H,23,25). The molecule has 0 saturated carbocycles. The zero-order valence-electron chi connectivity index (χ0n) is 16.5. The van der Waals surface area contributed by atoms with E-state index in [2.05, 4.69) is 5.32 Å². The molecule has 0 spiro atoms. The van der Waals surface area contributed by atoms with Crippen molar-refractivity contribution in [2.24, 2.45) is 0 Å². The predicted octanol–water partition coefficient (Wildman–Crippen LogP) is 3.89. The molecule has 1 atom stereocenters. The van der Waals surface area contributed by atoms with Gasteiger partial charge in [-0.2, -0.15) is 0 Å². The van der Waals surface area contributed by atoms with Crippen molar-refractivity contribution >= 4 is 23.2 Å². The molecule has 3 rings (SSSR count). The molecule has 0 aromatic heterocycles. The molecule has 1 aliphatic heterocycles.